The lowest BCUT2D eigenvalue weighted by Gasteiger charge is -2.23. The van der Waals surface area contributed by atoms with E-state index >= 15 is 0 Å². The van der Waals surface area contributed by atoms with Crippen LogP contribution in [0.25, 0.3) is 11.3 Å². The Kier molecular flexibility index (Phi) is 4.23. The summed E-state index contributed by atoms with van der Waals surface area (Å²) in [5.41, 5.74) is 0.994. The summed E-state index contributed by atoms with van der Waals surface area (Å²) in [6, 6.07) is 1.47. The number of fused-ring (bicyclic) bond motifs is 1. The SMILES string of the molecule is CC(C)(C)c1ncc(-c2cc(=O)n3c(n2)SCC(CF)C3)cn1. The quantitative estimate of drug-likeness (QED) is 0.790. The van der Waals surface area contributed by atoms with Crippen molar-refractivity contribution < 1.29 is 4.39 Å². The molecule has 23 heavy (non-hydrogen) atoms. The number of hydrogen-bond donors (Lipinski definition) is 0. The van der Waals surface area contributed by atoms with Gasteiger partial charge >= 0.3 is 0 Å². The molecule has 2 aromatic rings. The van der Waals surface area contributed by atoms with Gasteiger partial charge in [0, 0.05) is 47.7 Å². The summed E-state index contributed by atoms with van der Waals surface area (Å²) in [6.45, 7) is 6.11. The molecule has 3 rings (SSSR count). The maximum Gasteiger partial charge on any atom is 0.254 e. The van der Waals surface area contributed by atoms with E-state index in [1.54, 1.807) is 17.0 Å². The fourth-order valence-corrected chi connectivity index (χ4v) is 3.42. The molecule has 7 heteroatoms. The molecule has 0 aromatic carbocycles. The summed E-state index contributed by atoms with van der Waals surface area (Å²) in [5, 5.41) is 0.636. The number of alkyl halides is 1. The molecule has 0 fully saturated rings. The van der Waals surface area contributed by atoms with Crippen molar-refractivity contribution in [3.63, 3.8) is 0 Å². The van der Waals surface area contributed by atoms with Gasteiger partial charge in [-0.3, -0.25) is 13.8 Å². The van der Waals surface area contributed by atoms with E-state index in [0.717, 1.165) is 5.82 Å². The highest BCUT2D eigenvalue weighted by Crippen LogP contribution is 2.27. The third-order valence-electron chi connectivity index (χ3n) is 3.70. The number of hydrogen-bond acceptors (Lipinski definition) is 5. The molecule has 1 aliphatic heterocycles. The van der Waals surface area contributed by atoms with Gasteiger partial charge in [-0.2, -0.15) is 0 Å². The second kappa shape index (κ2) is 6.03. The molecule has 1 aliphatic rings. The van der Waals surface area contributed by atoms with Crippen LogP contribution in [0.2, 0.25) is 0 Å². The van der Waals surface area contributed by atoms with Crippen LogP contribution in [0.3, 0.4) is 0 Å². The van der Waals surface area contributed by atoms with Crippen molar-refractivity contribution in [1.82, 2.24) is 19.5 Å². The average Bonchev–Trinajstić information content (AvgIpc) is 2.54. The Morgan fingerprint density at radius 3 is 2.65 bits per heavy atom. The fraction of sp³-hybridized carbons (Fsp3) is 0.500. The number of rotatable bonds is 2. The van der Waals surface area contributed by atoms with Gasteiger partial charge in [-0.1, -0.05) is 32.5 Å². The van der Waals surface area contributed by atoms with Crippen LogP contribution in [-0.4, -0.2) is 31.9 Å². The van der Waals surface area contributed by atoms with E-state index < -0.39 is 6.67 Å². The van der Waals surface area contributed by atoms with Crippen LogP contribution < -0.4 is 5.56 Å². The zero-order valence-corrected chi connectivity index (χ0v) is 14.2. The van der Waals surface area contributed by atoms with Gasteiger partial charge in [0.05, 0.1) is 12.4 Å². The van der Waals surface area contributed by atoms with E-state index in [4.69, 9.17) is 0 Å². The summed E-state index contributed by atoms with van der Waals surface area (Å²) in [6.07, 6.45) is 3.40. The highest BCUT2D eigenvalue weighted by atomic mass is 32.2. The normalized spacial score (nSPS) is 17.8. The Morgan fingerprint density at radius 2 is 2.04 bits per heavy atom. The minimum Gasteiger partial charge on any atom is -0.287 e. The smallest absolute Gasteiger partial charge is 0.254 e. The van der Waals surface area contributed by atoms with E-state index in [-0.39, 0.29) is 16.9 Å². The Balaban J connectivity index is 1.96. The lowest BCUT2D eigenvalue weighted by Crippen LogP contribution is -2.31. The number of aromatic nitrogens is 4. The molecule has 0 amide bonds. The predicted octanol–water partition coefficient (Wildman–Crippen LogP) is 2.69. The van der Waals surface area contributed by atoms with Gasteiger partial charge < -0.3 is 0 Å². The van der Waals surface area contributed by atoms with Gasteiger partial charge in [-0.25, -0.2) is 15.0 Å². The molecule has 0 N–H and O–H groups in total. The van der Waals surface area contributed by atoms with Crippen molar-refractivity contribution in [1.29, 1.82) is 0 Å². The molecule has 0 radical (unpaired) electrons. The molecule has 0 saturated heterocycles. The van der Waals surface area contributed by atoms with Gasteiger partial charge in [0.2, 0.25) is 0 Å². The van der Waals surface area contributed by atoms with Gasteiger partial charge in [0.25, 0.3) is 5.56 Å². The number of nitrogens with zero attached hydrogens (tertiary/aromatic N) is 4. The third-order valence-corrected chi connectivity index (χ3v) is 4.91. The van der Waals surface area contributed by atoms with E-state index in [9.17, 15) is 9.18 Å². The Bertz CT molecular complexity index is 767. The van der Waals surface area contributed by atoms with Crippen molar-refractivity contribution in [2.45, 2.75) is 37.9 Å². The maximum atomic E-state index is 12.8. The first kappa shape index (κ1) is 16.1. The van der Waals surface area contributed by atoms with Gasteiger partial charge in [0.1, 0.15) is 5.82 Å². The summed E-state index contributed by atoms with van der Waals surface area (Å²) >= 11 is 1.42. The third kappa shape index (κ3) is 3.29. The molecule has 0 spiro atoms. The molecule has 2 aromatic heterocycles. The summed E-state index contributed by atoms with van der Waals surface area (Å²) in [7, 11) is 0. The minimum absolute atomic E-state index is 0.118. The minimum atomic E-state index is -0.414. The van der Waals surface area contributed by atoms with E-state index in [2.05, 4.69) is 15.0 Å². The molecule has 0 aliphatic carbocycles. The molecule has 122 valence electrons. The summed E-state index contributed by atoms with van der Waals surface area (Å²) in [5.74, 6) is 1.27. The van der Waals surface area contributed by atoms with Crippen LogP contribution in [0.5, 0.6) is 0 Å². The van der Waals surface area contributed by atoms with Crippen molar-refractivity contribution >= 4 is 11.8 Å². The maximum absolute atomic E-state index is 12.8. The second-order valence-corrected chi connectivity index (χ2v) is 7.74. The van der Waals surface area contributed by atoms with Crippen LogP contribution in [0.4, 0.5) is 4.39 Å². The van der Waals surface area contributed by atoms with Crippen LogP contribution in [-0.2, 0) is 12.0 Å². The average molecular weight is 334 g/mol. The molecular weight excluding hydrogens is 315 g/mol. The number of halogens is 1. The summed E-state index contributed by atoms with van der Waals surface area (Å²) < 4.78 is 14.4. The highest BCUT2D eigenvalue weighted by Gasteiger charge is 2.22. The number of thioether (sulfide) groups is 1. The second-order valence-electron chi connectivity index (χ2n) is 6.75. The molecule has 5 nitrogen and oxygen atoms in total. The van der Waals surface area contributed by atoms with E-state index in [0.29, 0.717) is 28.7 Å². The Hall–Kier alpha value is -1.76. The van der Waals surface area contributed by atoms with Crippen molar-refractivity contribution in [3.8, 4) is 11.3 Å². The topological polar surface area (TPSA) is 60.7 Å². The molecule has 1 unspecified atom stereocenters. The molecule has 3 heterocycles. The van der Waals surface area contributed by atoms with Gasteiger partial charge in [0.15, 0.2) is 5.16 Å². The van der Waals surface area contributed by atoms with Crippen molar-refractivity contribution in [2.75, 3.05) is 12.4 Å². The first-order valence-corrected chi connectivity index (χ1v) is 8.50. The van der Waals surface area contributed by atoms with Crippen LogP contribution in [0, 0.1) is 5.92 Å². The monoisotopic (exact) mass is 334 g/mol. The van der Waals surface area contributed by atoms with Gasteiger partial charge in [-0.05, 0) is 0 Å². The molecule has 0 bridgehead atoms. The standard InChI is InChI=1S/C16H19FN4OS/c1-16(2,3)14-18-6-11(7-19-14)12-4-13(22)21-8-10(5-17)9-23-15(21)20-12/h4,6-7,10H,5,8-9H2,1-3H3. The van der Waals surface area contributed by atoms with Crippen LogP contribution in [0.15, 0.2) is 28.4 Å². The first-order chi connectivity index (χ1) is 10.9. The zero-order chi connectivity index (χ0) is 16.6. The van der Waals surface area contributed by atoms with Crippen molar-refractivity contribution in [3.05, 3.63) is 34.6 Å². The van der Waals surface area contributed by atoms with Crippen LogP contribution >= 0.6 is 11.8 Å². The summed E-state index contributed by atoms with van der Waals surface area (Å²) in [4.78, 5) is 25.6. The molecule has 1 atom stereocenters. The van der Waals surface area contributed by atoms with Crippen molar-refractivity contribution in [2.24, 2.45) is 5.92 Å². The first-order valence-electron chi connectivity index (χ1n) is 7.52. The highest BCUT2D eigenvalue weighted by molar-refractivity contribution is 7.99. The van der Waals surface area contributed by atoms with Gasteiger partial charge in [-0.15, -0.1) is 0 Å². The van der Waals surface area contributed by atoms with E-state index in [1.807, 2.05) is 20.8 Å². The molecule has 0 saturated carbocycles. The molecular formula is C16H19FN4OS. The zero-order valence-electron chi connectivity index (χ0n) is 13.4. The largest absolute Gasteiger partial charge is 0.287 e. The Labute approximate surface area is 138 Å². The predicted molar refractivity (Wildman–Crippen MR) is 88.4 cm³/mol. The fourth-order valence-electron chi connectivity index (χ4n) is 2.36. The lowest BCUT2D eigenvalue weighted by atomic mass is 9.96. The van der Waals surface area contributed by atoms with E-state index in [1.165, 1.54) is 17.8 Å². The van der Waals surface area contributed by atoms with Crippen LogP contribution in [0.1, 0.15) is 26.6 Å². The Morgan fingerprint density at radius 1 is 1.35 bits per heavy atom. The lowest BCUT2D eigenvalue weighted by molar-refractivity contribution is 0.331.